The van der Waals surface area contributed by atoms with Crippen LogP contribution in [0.1, 0.15) is 28.9 Å². The van der Waals surface area contributed by atoms with E-state index in [1.165, 1.54) is 25.0 Å². The summed E-state index contributed by atoms with van der Waals surface area (Å²) < 4.78 is 12.9. The fourth-order valence-corrected chi connectivity index (χ4v) is 2.19. The van der Waals surface area contributed by atoms with Crippen LogP contribution in [0.15, 0.2) is 36.5 Å². The fraction of sp³-hybridized carbons (Fsp3) is 0.333. The van der Waals surface area contributed by atoms with Gasteiger partial charge in [0.2, 0.25) is 0 Å². The van der Waals surface area contributed by atoms with Crippen molar-refractivity contribution in [3.05, 3.63) is 53.6 Å². The van der Waals surface area contributed by atoms with Crippen LogP contribution in [-0.2, 0) is 6.54 Å². The van der Waals surface area contributed by atoms with E-state index in [1.54, 1.807) is 29.3 Å². The molecule has 0 radical (unpaired) electrons. The molecule has 1 aromatic heterocycles. The van der Waals surface area contributed by atoms with Crippen LogP contribution in [0.3, 0.4) is 0 Å². The number of benzene rings is 1. The number of carbonyl (C=O) groups excluding carboxylic acids is 1. The molecule has 4 nitrogen and oxygen atoms in total. The lowest BCUT2D eigenvalue weighted by Crippen LogP contribution is -2.32. The standard InChI is InChI=1S/C15H16FN3O/c16-13-5-3-12(4-6-13)10-19(9-11-1-2-11)15(20)14-7-8-17-18-14/h3-8,11H,1-2,9-10H2,(H,17,18). The summed E-state index contributed by atoms with van der Waals surface area (Å²) in [5.74, 6) is 0.281. The third-order valence-corrected chi connectivity index (χ3v) is 3.48. The molecule has 3 rings (SSSR count). The second-order valence-corrected chi connectivity index (χ2v) is 5.23. The Kier molecular flexibility index (Phi) is 3.50. The normalized spacial score (nSPS) is 14.2. The third-order valence-electron chi connectivity index (χ3n) is 3.48. The van der Waals surface area contributed by atoms with Crippen LogP contribution < -0.4 is 0 Å². The van der Waals surface area contributed by atoms with Gasteiger partial charge in [-0.2, -0.15) is 5.10 Å². The molecule has 20 heavy (non-hydrogen) atoms. The Morgan fingerprint density at radius 3 is 2.65 bits per heavy atom. The molecule has 2 aromatic rings. The van der Waals surface area contributed by atoms with Crippen molar-refractivity contribution in [1.29, 1.82) is 0 Å². The van der Waals surface area contributed by atoms with Crippen LogP contribution in [0.25, 0.3) is 0 Å². The molecule has 0 unspecified atom stereocenters. The smallest absolute Gasteiger partial charge is 0.272 e. The van der Waals surface area contributed by atoms with Gasteiger partial charge in [-0.05, 0) is 42.5 Å². The minimum absolute atomic E-state index is 0.0567. The SMILES string of the molecule is O=C(c1ccn[nH]1)N(Cc1ccc(F)cc1)CC1CC1. The summed E-state index contributed by atoms with van der Waals surface area (Å²) in [5.41, 5.74) is 1.42. The molecule has 1 amide bonds. The van der Waals surface area contributed by atoms with E-state index >= 15 is 0 Å². The van der Waals surface area contributed by atoms with Crippen molar-refractivity contribution in [2.45, 2.75) is 19.4 Å². The summed E-state index contributed by atoms with van der Waals surface area (Å²) in [5, 5.41) is 6.52. The second kappa shape index (κ2) is 5.45. The summed E-state index contributed by atoms with van der Waals surface area (Å²) in [6, 6.07) is 7.95. The van der Waals surface area contributed by atoms with E-state index < -0.39 is 0 Å². The average Bonchev–Trinajstić information content (AvgIpc) is 3.10. The van der Waals surface area contributed by atoms with E-state index in [2.05, 4.69) is 10.2 Å². The predicted molar refractivity (Wildman–Crippen MR) is 72.5 cm³/mol. The molecule has 1 saturated carbocycles. The Hall–Kier alpha value is -2.17. The van der Waals surface area contributed by atoms with Crippen molar-refractivity contribution >= 4 is 5.91 Å². The molecule has 1 fully saturated rings. The maximum atomic E-state index is 12.9. The zero-order valence-electron chi connectivity index (χ0n) is 11.1. The minimum Gasteiger partial charge on any atom is -0.333 e. The highest BCUT2D eigenvalue weighted by atomic mass is 19.1. The van der Waals surface area contributed by atoms with Gasteiger partial charge in [-0.25, -0.2) is 4.39 Å². The highest BCUT2D eigenvalue weighted by molar-refractivity contribution is 5.92. The number of amides is 1. The van der Waals surface area contributed by atoms with Crippen LogP contribution in [-0.4, -0.2) is 27.5 Å². The molecule has 5 heteroatoms. The fourth-order valence-electron chi connectivity index (χ4n) is 2.19. The molecule has 0 aliphatic heterocycles. The lowest BCUT2D eigenvalue weighted by atomic mass is 10.2. The van der Waals surface area contributed by atoms with Crippen LogP contribution in [0.4, 0.5) is 4.39 Å². The lowest BCUT2D eigenvalue weighted by molar-refractivity contribution is 0.0729. The van der Waals surface area contributed by atoms with E-state index in [-0.39, 0.29) is 11.7 Å². The van der Waals surface area contributed by atoms with Crippen LogP contribution >= 0.6 is 0 Å². The first-order chi connectivity index (χ1) is 9.72. The first kappa shape index (κ1) is 12.8. The summed E-state index contributed by atoms with van der Waals surface area (Å²) in [4.78, 5) is 14.2. The molecule has 1 aliphatic carbocycles. The van der Waals surface area contributed by atoms with Crippen molar-refractivity contribution in [2.75, 3.05) is 6.54 Å². The molecule has 1 N–H and O–H groups in total. The maximum Gasteiger partial charge on any atom is 0.272 e. The quantitative estimate of drug-likeness (QED) is 0.910. The molecule has 104 valence electrons. The van der Waals surface area contributed by atoms with Gasteiger partial charge < -0.3 is 4.90 Å². The summed E-state index contributed by atoms with van der Waals surface area (Å²) >= 11 is 0. The van der Waals surface area contributed by atoms with Gasteiger partial charge >= 0.3 is 0 Å². The van der Waals surface area contributed by atoms with E-state index in [0.29, 0.717) is 18.2 Å². The lowest BCUT2D eigenvalue weighted by Gasteiger charge is -2.22. The van der Waals surface area contributed by atoms with Gasteiger partial charge in [0.1, 0.15) is 11.5 Å². The third kappa shape index (κ3) is 3.04. The van der Waals surface area contributed by atoms with Gasteiger partial charge in [-0.15, -0.1) is 0 Å². The number of halogens is 1. The number of aromatic nitrogens is 2. The molecular weight excluding hydrogens is 257 g/mol. The molecular formula is C15H16FN3O. The van der Waals surface area contributed by atoms with Crippen molar-refractivity contribution in [3.63, 3.8) is 0 Å². The predicted octanol–water partition coefficient (Wildman–Crippen LogP) is 2.60. The van der Waals surface area contributed by atoms with Gasteiger partial charge in [-0.1, -0.05) is 12.1 Å². The monoisotopic (exact) mass is 273 g/mol. The summed E-state index contributed by atoms with van der Waals surface area (Å²) in [6.45, 7) is 1.24. The van der Waals surface area contributed by atoms with E-state index in [1.807, 2.05) is 0 Å². The molecule has 1 aromatic carbocycles. The Labute approximate surface area is 116 Å². The molecule has 0 spiro atoms. The number of carbonyl (C=O) groups is 1. The van der Waals surface area contributed by atoms with Crippen molar-refractivity contribution < 1.29 is 9.18 Å². The second-order valence-electron chi connectivity index (χ2n) is 5.23. The topological polar surface area (TPSA) is 49.0 Å². The number of hydrogen-bond acceptors (Lipinski definition) is 2. The Morgan fingerprint density at radius 2 is 2.05 bits per heavy atom. The molecule has 0 atom stereocenters. The van der Waals surface area contributed by atoms with Crippen molar-refractivity contribution in [1.82, 2.24) is 15.1 Å². The Morgan fingerprint density at radius 1 is 1.30 bits per heavy atom. The highest BCUT2D eigenvalue weighted by Crippen LogP contribution is 2.30. The zero-order valence-corrected chi connectivity index (χ0v) is 11.1. The van der Waals surface area contributed by atoms with Gasteiger partial charge in [0, 0.05) is 19.3 Å². The number of hydrogen-bond donors (Lipinski definition) is 1. The summed E-state index contributed by atoms with van der Waals surface area (Å²) in [6.07, 6.45) is 3.92. The Bertz CT molecular complexity index is 576. The van der Waals surface area contributed by atoms with E-state index in [4.69, 9.17) is 0 Å². The van der Waals surface area contributed by atoms with Crippen LogP contribution in [0, 0.1) is 11.7 Å². The van der Waals surface area contributed by atoms with Crippen molar-refractivity contribution in [2.24, 2.45) is 5.92 Å². The first-order valence-electron chi connectivity index (χ1n) is 6.75. The zero-order chi connectivity index (χ0) is 13.9. The van der Waals surface area contributed by atoms with Gasteiger partial charge in [-0.3, -0.25) is 9.89 Å². The van der Waals surface area contributed by atoms with Crippen LogP contribution in [0.2, 0.25) is 0 Å². The largest absolute Gasteiger partial charge is 0.333 e. The number of nitrogens with zero attached hydrogens (tertiary/aromatic N) is 2. The number of nitrogens with one attached hydrogen (secondary N) is 1. The van der Waals surface area contributed by atoms with Crippen LogP contribution in [0.5, 0.6) is 0 Å². The number of aromatic amines is 1. The number of rotatable bonds is 5. The molecule has 0 bridgehead atoms. The highest BCUT2D eigenvalue weighted by Gasteiger charge is 2.27. The summed E-state index contributed by atoms with van der Waals surface area (Å²) in [7, 11) is 0. The molecule has 1 aliphatic rings. The molecule has 1 heterocycles. The first-order valence-corrected chi connectivity index (χ1v) is 6.75. The minimum atomic E-state index is -0.262. The van der Waals surface area contributed by atoms with E-state index in [0.717, 1.165) is 12.1 Å². The number of H-pyrrole nitrogens is 1. The van der Waals surface area contributed by atoms with E-state index in [9.17, 15) is 9.18 Å². The Balaban J connectivity index is 1.75. The van der Waals surface area contributed by atoms with Gasteiger partial charge in [0.25, 0.3) is 5.91 Å². The van der Waals surface area contributed by atoms with Crippen molar-refractivity contribution in [3.8, 4) is 0 Å². The van der Waals surface area contributed by atoms with Gasteiger partial charge in [0.15, 0.2) is 0 Å². The molecule has 0 saturated heterocycles. The maximum absolute atomic E-state index is 12.9. The van der Waals surface area contributed by atoms with Gasteiger partial charge in [0.05, 0.1) is 0 Å². The average molecular weight is 273 g/mol.